The highest BCUT2D eigenvalue weighted by Gasteiger charge is 2.39. The molecule has 0 unspecified atom stereocenters. The first-order valence-corrected chi connectivity index (χ1v) is 10.5. The van der Waals surface area contributed by atoms with E-state index in [-0.39, 0.29) is 24.2 Å². The van der Waals surface area contributed by atoms with Gasteiger partial charge in [0.05, 0.1) is 5.57 Å². The van der Waals surface area contributed by atoms with E-state index in [1.165, 1.54) is 28.4 Å². The summed E-state index contributed by atoms with van der Waals surface area (Å²) in [6.45, 7) is 4.21. The number of carbonyl (C=O) groups excluding carboxylic acids is 2. The second-order valence-electron chi connectivity index (χ2n) is 7.31. The van der Waals surface area contributed by atoms with Crippen molar-refractivity contribution >= 4 is 34.4 Å². The summed E-state index contributed by atoms with van der Waals surface area (Å²) >= 11 is 1.43. The number of benzene rings is 2. The Morgan fingerprint density at radius 3 is 2.43 bits per heavy atom. The molecule has 152 valence electrons. The van der Waals surface area contributed by atoms with Crippen molar-refractivity contribution in [3.05, 3.63) is 93.1 Å². The Labute approximate surface area is 178 Å². The minimum absolute atomic E-state index is 0.232. The Bertz CT molecular complexity index is 1130. The quantitative estimate of drug-likeness (QED) is 0.575. The summed E-state index contributed by atoms with van der Waals surface area (Å²) in [5.74, 6) is -0.962. The third-order valence-corrected chi connectivity index (χ3v) is 6.00. The zero-order chi connectivity index (χ0) is 21.3. The van der Waals surface area contributed by atoms with Crippen molar-refractivity contribution in [2.75, 3.05) is 11.9 Å². The molecule has 0 spiro atoms. The number of imide groups is 1. The molecule has 4 nitrogen and oxygen atoms in total. The Balaban J connectivity index is 1.63. The van der Waals surface area contributed by atoms with Gasteiger partial charge in [-0.15, -0.1) is 11.3 Å². The van der Waals surface area contributed by atoms with Crippen LogP contribution in [0.1, 0.15) is 21.6 Å². The molecule has 1 N–H and O–H groups in total. The molecule has 2 amide bonds. The molecular formula is C24H21FN2O2S. The first-order valence-electron chi connectivity index (χ1n) is 9.67. The van der Waals surface area contributed by atoms with Crippen LogP contribution in [-0.2, 0) is 16.0 Å². The largest absolute Gasteiger partial charge is 0.350 e. The molecule has 0 atom stereocenters. The number of amides is 2. The number of nitrogens with zero attached hydrogens (tertiary/aromatic N) is 1. The second-order valence-corrected chi connectivity index (χ2v) is 8.26. The summed E-state index contributed by atoms with van der Waals surface area (Å²) in [7, 11) is 0. The van der Waals surface area contributed by atoms with Gasteiger partial charge in [0.15, 0.2) is 0 Å². The number of nitrogens with one attached hydrogen (secondary N) is 1. The highest BCUT2D eigenvalue weighted by molar-refractivity contribution is 7.11. The van der Waals surface area contributed by atoms with E-state index in [1.54, 1.807) is 12.1 Å². The van der Waals surface area contributed by atoms with Gasteiger partial charge in [-0.3, -0.25) is 14.5 Å². The molecule has 1 aromatic heterocycles. The smallest absolute Gasteiger partial charge is 0.278 e. The Hall–Kier alpha value is -3.25. The van der Waals surface area contributed by atoms with Gasteiger partial charge < -0.3 is 5.32 Å². The van der Waals surface area contributed by atoms with Gasteiger partial charge in [0, 0.05) is 17.1 Å². The van der Waals surface area contributed by atoms with Crippen molar-refractivity contribution in [1.29, 1.82) is 0 Å². The van der Waals surface area contributed by atoms with E-state index >= 15 is 0 Å². The lowest BCUT2D eigenvalue weighted by Crippen LogP contribution is -2.34. The molecule has 0 bridgehead atoms. The van der Waals surface area contributed by atoms with Crippen LogP contribution in [0.2, 0.25) is 0 Å². The molecule has 2 heterocycles. The SMILES string of the molecule is Cc1ccc(NC2=C(c3cccs3)C(=O)N(CCc3ccc(F)cc3)C2=O)c(C)c1. The summed E-state index contributed by atoms with van der Waals surface area (Å²) in [6.07, 6.45) is 0.465. The lowest BCUT2D eigenvalue weighted by Gasteiger charge is -2.16. The molecule has 4 rings (SSSR count). The van der Waals surface area contributed by atoms with Crippen LogP contribution in [-0.4, -0.2) is 23.3 Å². The third-order valence-electron chi connectivity index (χ3n) is 5.11. The van der Waals surface area contributed by atoms with Crippen LogP contribution >= 0.6 is 11.3 Å². The summed E-state index contributed by atoms with van der Waals surface area (Å²) < 4.78 is 13.1. The average Bonchev–Trinajstić information content (AvgIpc) is 3.31. The van der Waals surface area contributed by atoms with Gasteiger partial charge in [-0.25, -0.2) is 4.39 Å². The van der Waals surface area contributed by atoms with Crippen LogP contribution in [0.3, 0.4) is 0 Å². The maximum Gasteiger partial charge on any atom is 0.278 e. The monoisotopic (exact) mass is 420 g/mol. The molecule has 0 radical (unpaired) electrons. The van der Waals surface area contributed by atoms with Crippen molar-refractivity contribution in [3.63, 3.8) is 0 Å². The second kappa shape index (κ2) is 8.24. The van der Waals surface area contributed by atoms with Crippen LogP contribution in [0, 0.1) is 19.7 Å². The molecule has 3 aromatic rings. The van der Waals surface area contributed by atoms with Gasteiger partial charge in [-0.05, 0) is 61.0 Å². The first kappa shape index (κ1) is 20.0. The van der Waals surface area contributed by atoms with Gasteiger partial charge in [-0.2, -0.15) is 0 Å². The van der Waals surface area contributed by atoms with Gasteiger partial charge >= 0.3 is 0 Å². The summed E-state index contributed by atoms with van der Waals surface area (Å²) in [6, 6.07) is 15.7. The minimum atomic E-state index is -0.342. The van der Waals surface area contributed by atoms with E-state index < -0.39 is 0 Å². The van der Waals surface area contributed by atoms with Crippen molar-refractivity contribution in [3.8, 4) is 0 Å². The lowest BCUT2D eigenvalue weighted by atomic mass is 10.1. The van der Waals surface area contributed by atoms with Crippen LogP contribution in [0.5, 0.6) is 0 Å². The fourth-order valence-corrected chi connectivity index (χ4v) is 4.29. The van der Waals surface area contributed by atoms with E-state index in [4.69, 9.17) is 0 Å². The van der Waals surface area contributed by atoms with E-state index in [0.29, 0.717) is 17.7 Å². The molecule has 2 aromatic carbocycles. The Morgan fingerprint density at radius 2 is 1.77 bits per heavy atom. The minimum Gasteiger partial charge on any atom is -0.350 e. The van der Waals surface area contributed by atoms with E-state index in [2.05, 4.69) is 5.32 Å². The molecule has 0 aliphatic carbocycles. The first-order chi connectivity index (χ1) is 14.4. The van der Waals surface area contributed by atoms with E-state index in [1.807, 2.05) is 49.6 Å². The summed E-state index contributed by atoms with van der Waals surface area (Å²) in [4.78, 5) is 28.4. The maximum atomic E-state index is 13.2. The number of rotatable bonds is 6. The molecule has 0 fully saturated rings. The van der Waals surface area contributed by atoms with E-state index in [0.717, 1.165) is 27.3 Å². The van der Waals surface area contributed by atoms with Crippen molar-refractivity contribution in [2.45, 2.75) is 20.3 Å². The van der Waals surface area contributed by atoms with Crippen LogP contribution in [0.15, 0.2) is 65.7 Å². The normalized spacial score (nSPS) is 14.0. The van der Waals surface area contributed by atoms with Crippen LogP contribution in [0.25, 0.3) is 5.57 Å². The zero-order valence-electron chi connectivity index (χ0n) is 16.7. The van der Waals surface area contributed by atoms with Crippen molar-refractivity contribution < 1.29 is 14.0 Å². The van der Waals surface area contributed by atoms with Crippen LogP contribution in [0.4, 0.5) is 10.1 Å². The number of halogens is 1. The van der Waals surface area contributed by atoms with Crippen molar-refractivity contribution in [2.24, 2.45) is 0 Å². The highest BCUT2D eigenvalue weighted by Crippen LogP contribution is 2.33. The lowest BCUT2D eigenvalue weighted by molar-refractivity contribution is -0.136. The standard InChI is InChI=1S/C24H21FN2O2S/c1-15-5-10-19(16(2)14-15)26-22-21(20-4-3-13-30-20)23(28)27(24(22)29)12-11-17-6-8-18(25)9-7-17/h3-10,13-14,26H,11-12H2,1-2H3. The fraction of sp³-hybridized carbons (Fsp3) is 0.167. The van der Waals surface area contributed by atoms with Gasteiger partial charge in [0.1, 0.15) is 11.5 Å². The number of hydrogen-bond acceptors (Lipinski definition) is 4. The predicted molar refractivity (Wildman–Crippen MR) is 118 cm³/mol. The molecule has 0 saturated carbocycles. The molecule has 6 heteroatoms. The zero-order valence-corrected chi connectivity index (χ0v) is 17.6. The molecule has 1 aliphatic heterocycles. The van der Waals surface area contributed by atoms with Crippen LogP contribution < -0.4 is 5.32 Å². The Morgan fingerprint density at radius 1 is 1.00 bits per heavy atom. The molecule has 30 heavy (non-hydrogen) atoms. The van der Waals surface area contributed by atoms with Gasteiger partial charge in [0.2, 0.25) is 0 Å². The summed E-state index contributed by atoms with van der Waals surface area (Å²) in [5, 5.41) is 5.10. The number of anilines is 1. The molecular weight excluding hydrogens is 399 g/mol. The molecule has 1 aliphatic rings. The number of carbonyl (C=O) groups is 2. The van der Waals surface area contributed by atoms with E-state index in [9.17, 15) is 14.0 Å². The summed E-state index contributed by atoms with van der Waals surface area (Å²) in [5.41, 5.74) is 4.48. The molecule has 0 saturated heterocycles. The average molecular weight is 421 g/mol. The topological polar surface area (TPSA) is 49.4 Å². The predicted octanol–water partition coefficient (Wildman–Crippen LogP) is 4.94. The Kier molecular flexibility index (Phi) is 5.50. The third kappa shape index (κ3) is 3.91. The maximum absolute atomic E-state index is 13.2. The van der Waals surface area contributed by atoms with Gasteiger partial charge in [-0.1, -0.05) is 35.9 Å². The highest BCUT2D eigenvalue weighted by atomic mass is 32.1. The fourth-order valence-electron chi connectivity index (χ4n) is 3.52. The number of hydrogen-bond donors (Lipinski definition) is 1. The van der Waals surface area contributed by atoms with Crippen molar-refractivity contribution in [1.82, 2.24) is 4.90 Å². The van der Waals surface area contributed by atoms with Gasteiger partial charge in [0.25, 0.3) is 11.8 Å². The number of aryl methyl sites for hydroxylation is 2. The number of thiophene rings is 1.